The molecule has 98 valence electrons. The van der Waals surface area contributed by atoms with Gasteiger partial charge in [-0.15, -0.1) is 0 Å². The van der Waals surface area contributed by atoms with Gasteiger partial charge in [0, 0.05) is 18.2 Å². The number of benzene rings is 1. The van der Waals surface area contributed by atoms with Crippen LogP contribution in [-0.4, -0.2) is 16.8 Å². The average Bonchev–Trinajstić information content (AvgIpc) is 2.36. The molecule has 1 rings (SSSR count). The van der Waals surface area contributed by atoms with Gasteiger partial charge in [-0.2, -0.15) is 0 Å². The van der Waals surface area contributed by atoms with Gasteiger partial charge in [0.15, 0.2) is 0 Å². The number of carbonyl (C=O) groups is 1. The molecule has 0 heterocycles. The molecule has 1 aromatic carbocycles. The van der Waals surface area contributed by atoms with E-state index in [1.165, 1.54) is 5.56 Å². The van der Waals surface area contributed by atoms with Gasteiger partial charge < -0.3 is 4.90 Å². The van der Waals surface area contributed by atoms with E-state index in [0.717, 1.165) is 12.0 Å². The van der Waals surface area contributed by atoms with Crippen molar-refractivity contribution in [3.8, 4) is 0 Å². The Morgan fingerprint density at radius 1 is 1.28 bits per heavy atom. The van der Waals surface area contributed by atoms with E-state index in [1.54, 1.807) is 0 Å². The van der Waals surface area contributed by atoms with Crippen molar-refractivity contribution in [3.05, 3.63) is 47.5 Å². The Bertz CT molecular complexity index is 406. The Balaban J connectivity index is 2.84. The lowest BCUT2D eigenvalue weighted by atomic mass is 10.1. The van der Waals surface area contributed by atoms with Gasteiger partial charge in [0.25, 0.3) is 0 Å². The monoisotopic (exact) mass is 245 g/mol. The molecule has 0 saturated carbocycles. The van der Waals surface area contributed by atoms with Crippen LogP contribution in [0.4, 0.5) is 0 Å². The van der Waals surface area contributed by atoms with Crippen LogP contribution in [0.15, 0.2) is 42.0 Å². The molecule has 0 unspecified atom stereocenters. The molecule has 1 aromatic rings. The molecule has 2 heteroatoms. The minimum atomic E-state index is 0.135. The summed E-state index contributed by atoms with van der Waals surface area (Å²) in [5, 5.41) is 0. The van der Waals surface area contributed by atoms with Crippen molar-refractivity contribution in [1.82, 2.24) is 4.90 Å². The second kappa shape index (κ2) is 7.00. The lowest BCUT2D eigenvalue weighted by molar-refractivity contribution is -0.129. The number of rotatable bonds is 5. The molecule has 18 heavy (non-hydrogen) atoms. The minimum Gasteiger partial charge on any atom is -0.332 e. The van der Waals surface area contributed by atoms with Crippen LogP contribution in [0.2, 0.25) is 0 Å². The van der Waals surface area contributed by atoms with Crippen LogP contribution in [0.1, 0.15) is 39.7 Å². The predicted molar refractivity (Wildman–Crippen MR) is 76.2 cm³/mol. The van der Waals surface area contributed by atoms with E-state index < -0.39 is 0 Å². The number of carbonyl (C=O) groups excluding carboxylic acids is 1. The average molecular weight is 245 g/mol. The number of nitrogens with zero attached hydrogens (tertiary/aromatic N) is 1. The second-order valence-corrected chi connectivity index (χ2v) is 4.81. The first-order valence-electron chi connectivity index (χ1n) is 6.58. The first-order chi connectivity index (χ1) is 8.56. The molecule has 2 nitrogen and oxygen atoms in total. The fraction of sp³-hybridized carbons (Fsp3) is 0.438. The van der Waals surface area contributed by atoms with E-state index in [4.69, 9.17) is 0 Å². The first kappa shape index (κ1) is 14.5. The van der Waals surface area contributed by atoms with E-state index in [0.29, 0.717) is 6.54 Å². The van der Waals surface area contributed by atoms with Gasteiger partial charge in [-0.25, -0.2) is 0 Å². The summed E-state index contributed by atoms with van der Waals surface area (Å²) in [5.74, 6) is 0.135. The third kappa shape index (κ3) is 4.02. The van der Waals surface area contributed by atoms with Gasteiger partial charge >= 0.3 is 0 Å². The molecule has 0 spiro atoms. The zero-order valence-corrected chi connectivity index (χ0v) is 11.8. The Labute approximate surface area is 110 Å². The topological polar surface area (TPSA) is 20.3 Å². The Morgan fingerprint density at radius 3 is 2.39 bits per heavy atom. The Kier molecular flexibility index (Phi) is 5.63. The summed E-state index contributed by atoms with van der Waals surface area (Å²) < 4.78 is 0. The molecule has 0 fully saturated rings. The molecule has 0 aliphatic rings. The Morgan fingerprint density at radius 2 is 1.89 bits per heavy atom. The van der Waals surface area contributed by atoms with Crippen LogP contribution in [0, 0.1) is 0 Å². The van der Waals surface area contributed by atoms with Crippen molar-refractivity contribution < 1.29 is 4.79 Å². The molecule has 1 amide bonds. The number of hydrogen-bond donors (Lipinski definition) is 0. The van der Waals surface area contributed by atoms with Crippen molar-refractivity contribution in [1.29, 1.82) is 0 Å². The fourth-order valence-electron chi connectivity index (χ4n) is 1.89. The highest BCUT2D eigenvalue weighted by molar-refractivity contribution is 5.92. The van der Waals surface area contributed by atoms with Crippen molar-refractivity contribution in [2.45, 2.75) is 46.7 Å². The highest BCUT2D eigenvalue weighted by Crippen LogP contribution is 2.12. The highest BCUT2D eigenvalue weighted by Gasteiger charge is 2.18. The quantitative estimate of drug-likeness (QED) is 0.723. The van der Waals surface area contributed by atoms with Crippen molar-refractivity contribution >= 4 is 5.91 Å². The largest absolute Gasteiger partial charge is 0.332 e. The maximum Gasteiger partial charge on any atom is 0.249 e. The predicted octanol–water partition coefficient (Wildman–Crippen LogP) is 3.78. The van der Waals surface area contributed by atoms with E-state index >= 15 is 0 Å². The summed E-state index contributed by atoms with van der Waals surface area (Å²) in [5.41, 5.74) is 2.01. The van der Waals surface area contributed by atoms with Crippen LogP contribution in [0.25, 0.3) is 0 Å². The number of hydrogen-bond acceptors (Lipinski definition) is 1. The zero-order chi connectivity index (χ0) is 13.5. The molecular formula is C16H23NO. The summed E-state index contributed by atoms with van der Waals surface area (Å²) in [7, 11) is 0. The zero-order valence-electron chi connectivity index (χ0n) is 11.8. The molecule has 0 aliphatic carbocycles. The van der Waals surface area contributed by atoms with Crippen LogP contribution in [0.5, 0.6) is 0 Å². The summed E-state index contributed by atoms with van der Waals surface area (Å²) in [4.78, 5) is 14.3. The fourth-order valence-corrected chi connectivity index (χ4v) is 1.89. The third-order valence-corrected chi connectivity index (χ3v) is 2.93. The maximum absolute atomic E-state index is 12.3. The van der Waals surface area contributed by atoms with Crippen LogP contribution < -0.4 is 0 Å². The summed E-state index contributed by atoms with van der Waals surface area (Å²) in [6, 6.07) is 10.3. The smallest absolute Gasteiger partial charge is 0.249 e. The van der Waals surface area contributed by atoms with E-state index in [9.17, 15) is 4.79 Å². The number of amides is 1. The molecule has 0 aromatic heterocycles. The highest BCUT2D eigenvalue weighted by atomic mass is 16.2. The van der Waals surface area contributed by atoms with Gasteiger partial charge in [0.2, 0.25) is 5.91 Å². The summed E-state index contributed by atoms with van der Waals surface area (Å²) in [6.07, 6.45) is 2.89. The lowest BCUT2D eigenvalue weighted by Crippen LogP contribution is -2.36. The lowest BCUT2D eigenvalue weighted by Gasteiger charge is -2.27. The van der Waals surface area contributed by atoms with E-state index in [2.05, 4.69) is 26.0 Å². The van der Waals surface area contributed by atoms with E-state index in [-0.39, 0.29) is 11.9 Å². The summed E-state index contributed by atoms with van der Waals surface area (Å²) >= 11 is 0. The molecule has 0 N–H and O–H groups in total. The van der Waals surface area contributed by atoms with Crippen molar-refractivity contribution in [3.63, 3.8) is 0 Å². The normalized spacial score (nSPS) is 11.7. The second-order valence-electron chi connectivity index (χ2n) is 4.81. The SMILES string of the molecule is CC/C=C(/C)C(=O)N(Cc1ccccc1)C(C)C. The van der Waals surface area contributed by atoms with Gasteiger partial charge in [0.05, 0.1) is 0 Å². The molecule has 0 saturated heterocycles. The molecule has 0 radical (unpaired) electrons. The first-order valence-corrected chi connectivity index (χ1v) is 6.58. The van der Waals surface area contributed by atoms with Crippen molar-refractivity contribution in [2.24, 2.45) is 0 Å². The molecule has 0 atom stereocenters. The van der Waals surface area contributed by atoms with Gasteiger partial charge in [-0.3, -0.25) is 4.79 Å². The summed E-state index contributed by atoms with van der Waals surface area (Å²) in [6.45, 7) is 8.73. The standard InChI is InChI=1S/C16H23NO/c1-5-9-14(4)16(18)17(13(2)3)12-15-10-7-6-8-11-15/h6-11,13H,5,12H2,1-4H3/b14-9-. The van der Waals surface area contributed by atoms with Crippen LogP contribution in [-0.2, 0) is 11.3 Å². The molecule has 0 aliphatic heterocycles. The van der Waals surface area contributed by atoms with E-state index in [1.807, 2.05) is 43.0 Å². The minimum absolute atomic E-state index is 0.135. The maximum atomic E-state index is 12.3. The van der Waals surface area contributed by atoms with Crippen molar-refractivity contribution in [2.75, 3.05) is 0 Å². The van der Waals surface area contributed by atoms with Crippen LogP contribution in [0.3, 0.4) is 0 Å². The van der Waals surface area contributed by atoms with Crippen LogP contribution >= 0.6 is 0 Å². The third-order valence-electron chi connectivity index (χ3n) is 2.93. The molecule has 0 bridgehead atoms. The van der Waals surface area contributed by atoms with Gasteiger partial charge in [-0.05, 0) is 32.8 Å². The van der Waals surface area contributed by atoms with Gasteiger partial charge in [0.1, 0.15) is 0 Å². The van der Waals surface area contributed by atoms with Gasteiger partial charge in [-0.1, -0.05) is 43.3 Å². The molecular weight excluding hydrogens is 222 g/mol. The number of allylic oxidation sites excluding steroid dienone is 1. The Hall–Kier alpha value is -1.57.